The third-order valence-corrected chi connectivity index (χ3v) is 5.32. The van der Waals surface area contributed by atoms with Crippen LogP contribution in [-0.2, 0) is 18.3 Å². The molecule has 4 aromatic rings. The zero-order valence-corrected chi connectivity index (χ0v) is 18.7. The molecule has 0 aliphatic carbocycles. The van der Waals surface area contributed by atoms with Crippen molar-refractivity contribution in [1.29, 1.82) is 0 Å². The number of fused-ring (bicyclic) bond motifs is 1. The van der Waals surface area contributed by atoms with Gasteiger partial charge in [-0.1, -0.05) is 35.9 Å². The molecule has 168 valence electrons. The number of ether oxygens (including phenoxy) is 1. The fraction of sp³-hybridized carbons (Fsp3) is 0.192. The van der Waals surface area contributed by atoms with Gasteiger partial charge < -0.3 is 19.9 Å². The van der Waals surface area contributed by atoms with E-state index in [4.69, 9.17) is 4.74 Å². The van der Waals surface area contributed by atoms with Gasteiger partial charge in [-0.2, -0.15) is 0 Å². The highest BCUT2D eigenvalue weighted by molar-refractivity contribution is 5.94. The Hall–Kier alpha value is -4.13. The van der Waals surface area contributed by atoms with Crippen LogP contribution >= 0.6 is 0 Å². The van der Waals surface area contributed by atoms with E-state index in [9.17, 15) is 9.59 Å². The van der Waals surface area contributed by atoms with Crippen LogP contribution in [0.2, 0.25) is 0 Å². The predicted octanol–water partition coefficient (Wildman–Crippen LogP) is 3.87. The van der Waals surface area contributed by atoms with Crippen LogP contribution < -0.4 is 15.4 Å². The molecule has 4 rings (SSSR count). The summed E-state index contributed by atoms with van der Waals surface area (Å²) in [7, 11) is 1.94. The molecule has 0 bridgehead atoms. The fourth-order valence-electron chi connectivity index (χ4n) is 3.51. The number of hydrogen-bond acceptors (Lipinski definition) is 4. The van der Waals surface area contributed by atoms with E-state index in [1.54, 1.807) is 12.1 Å². The quantitative estimate of drug-likeness (QED) is 0.434. The summed E-state index contributed by atoms with van der Waals surface area (Å²) in [5, 5.41) is 5.77. The molecule has 33 heavy (non-hydrogen) atoms. The Balaban J connectivity index is 1.34. The molecule has 1 aromatic heterocycles. The Morgan fingerprint density at radius 2 is 1.76 bits per heavy atom. The second-order valence-electron chi connectivity index (χ2n) is 7.81. The number of imidazole rings is 1. The van der Waals surface area contributed by atoms with E-state index >= 15 is 0 Å². The van der Waals surface area contributed by atoms with Crippen molar-refractivity contribution in [3.63, 3.8) is 0 Å². The monoisotopic (exact) mass is 442 g/mol. The zero-order chi connectivity index (χ0) is 23.2. The van der Waals surface area contributed by atoms with E-state index in [-0.39, 0.29) is 18.4 Å². The van der Waals surface area contributed by atoms with Crippen LogP contribution in [0.3, 0.4) is 0 Å². The first-order valence-electron chi connectivity index (χ1n) is 10.8. The van der Waals surface area contributed by atoms with Crippen molar-refractivity contribution in [3.8, 4) is 5.75 Å². The molecule has 7 heteroatoms. The van der Waals surface area contributed by atoms with Crippen molar-refractivity contribution in [2.24, 2.45) is 7.05 Å². The van der Waals surface area contributed by atoms with Crippen LogP contribution in [0.5, 0.6) is 5.75 Å². The van der Waals surface area contributed by atoms with Gasteiger partial charge in [-0.3, -0.25) is 9.59 Å². The molecule has 7 nitrogen and oxygen atoms in total. The third kappa shape index (κ3) is 5.57. The molecule has 1 heterocycles. The molecule has 0 radical (unpaired) electrons. The maximum Gasteiger partial charge on any atom is 0.262 e. The fourth-order valence-corrected chi connectivity index (χ4v) is 3.51. The summed E-state index contributed by atoms with van der Waals surface area (Å²) < 4.78 is 7.53. The van der Waals surface area contributed by atoms with Gasteiger partial charge in [-0.25, -0.2) is 4.98 Å². The molecule has 0 saturated heterocycles. The SMILES string of the molecule is Cc1ccc(OCC(=O)Nc2ccc3c(c2)nc(CCNC(=O)c2ccccc2)n3C)cc1. The normalized spacial score (nSPS) is 10.7. The Kier molecular flexibility index (Phi) is 6.69. The van der Waals surface area contributed by atoms with Gasteiger partial charge in [0.2, 0.25) is 0 Å². The van der Waals surface area contributed by atoms with Gasteiger partial charge in [0.1, 0.15) is 11.6 Å². The Bertz CT molecular complexity index is 1260. The zero-order valence-electron chi connectivity index (χ0n) is 18.7. The second kappa shape index (κ2) is 9.99. The van der Waals surface area contributed by atoms with Crippen molar-refractivity contribution in [1.82, 2.24) is 14.9 Å². The van der Waals surface area contributed by atoms with E-state index < -0.39 is 0 Å². The molecule has 0 aliphatic heterocycles. The van der Waals surface area contributed by atoms with Gasteiger partial charge >= 0.3 is 0 Å². The number of rotatable bonds is 8. The summed E-state index contributed by atoms with van der Waals surface area (Å²) >= 11 is 0. The summed E-state index contributed by atoms with van der Waals surface area (Å²) in [6.07, 6.45) is 0.593. The van der Waals surface area contributed by atoms with E-state index in [0.29, 0.717) is 30.0 Å². The van der Waals surface area contributed by atoms with Crippen LogP contribution in [0.25, 0.3) is 11.0 Å². The summed E-state index contributed by atoms with van der Waals surface area (Å²) in [6.45, 7) is 2.40. The molecule has 0 spiro atoms. The van der Waals surface area contributed by atoms with E-state index in [1.807, 2.05) is 79.2 Å². The van der Waals surface area contributed by atoms with Crippen molar-refractivity contribution in [2.75, 3.05) is 18.5 Å². The maximum absolute atomic E-state index is 12.3. The van der Waals surface area contributed by atoms with Crippen LogP contribution in [-0.4, -0.2) is 34.5 Å². The summed E-state index contributed by atoms with van der Waals surface area (Å²) in [6, 6.07) is 22.3. The van der Waals surface area contributed by atoms with Crippen molar-refractivity contribution < 1.29 is 14.3 Å². The van der Waals surface area contributed by atoms with E-state index in [2.05, 4.69) is 15.6 Å². The Morgan fingerprint density at radius 3 is 2.52 bits per heavy atom. The largest absolute Gasteiger partial charge is 0.484 e. The van der Waals surface area contributed by atoms with Crippen LogP contribution in [0, 0.1) is 6.92 Å². The third-order valence-electron chi connectivity index (χ3n) is 5.32. The topological polar surface area (TPSA) is 85.2 Å². The Labute approximate surface area is 192 Å². The van der Waals surface area contributed by atoms with Gasteiger partial charge in [-0.05, 0) is 49.4 Å². The first-order chi connectivity index (χ1) is 16.0. The van der Waals surface area contributed by atoms with Gasteiger partial charge in [-0.15, -0.1) is 0 Å². The molecule has 0 aliphatic rings. The average molecular weight is 443 g/mol. The highest BCUT2D eigenvalue weighted by Crippen LogP contribution is 2.20. The molecule has 0 unspecified atom stereocenters. The van der Waals surface area contributed by atoms with Crippen LogP contribution in [0.15, 0.2) is 72.8 Å². The van der Waals surface area contributed by atoms with Gasteiger partial charge in [0, 0.05) is 31.3 Å². The number of anilines is 1. The van der Waals surface area contributed by atoms with E-state index in [0.717, 1.165) is 22.4 Å². The second-order valence-corrected chi connectivity index (χ2v) is 7.81. The van der Waals surface area contributed by atoms with Crippen molar-refractivity contribution in [2.45, 2.75) is 13.3 Å². The number of hydrogen-bond donors (Lipinski definition) is 2. The number of aryl methyl sites for hydroxylation is 2. The standard InChI is InChI=1S/C26H26N4O3/c1-18-8-11-21(12-9-18)33-17-25(31)28-20-10-13-23-22(16-20)29-24(30(23)2)14-15-27-26(32)19-6-4-3-5-7-19/h3-13,16H,14-15,17H2,1-2H3,(H,27,32)(H,28,31). The summed E-state index contributed by atoms with van der Waals surface area (Å²) in [4.78, 5) is 29.2. The molecular weight excluding hydrogens is 416 g/mol. The first-order valence-corrected chi connectivity index (χ1v) is 10.8. The number of benzene rings is 3. The minimum Gasteiger partial charge on any atom is -0.484 e. The lowest BCUT2D eigenvalue weighted by molar-refractivity contribution is -0.118. The highest BCUT2D eigenvalue weighted by atomic mass is 16.5. The number of aromatic nitrogens is 2. The molecule has 0 saturated carbocycles. The minimum absolute atomic E-state index is 0.0737. The number of amides is 2. The predicted molar refractivity (Wildman–Crippen MR) is 128 cm³/mol. The minimum atomic E-state index is -0.241. The van der Waals surface area contributed by atoms with Crippen LogP contribution in [0.1, 0.15) is 21.7 Å². The van der Waals surface area contributed by atoms with Gasteiger partial charge in [0.15, 0.2) is 6.61 Å². The number of carbonyl (C=O) groups is 2. The van der Waals surface area contributed by atoms with Gasteiger partial charge in [0.05, 0.1) is 11.0 Å². The number of nitrogens with one attached hydrogen (secondary N) is 2. The maximum atomic E-state index is 12.3. The van der Waals surface area contributed by atoms with Gasteiger partial charge in [0.25, 0.3) is 11.8 Å². The van der Waals surface area contributed by atoms with Crippen molar-refractivity contribution in [3.05, 3.63) is 89.7 Å². The lowest BCUT2D eigenvalue weighted by Gasteiger charge is -2.08. The molecule has 2 amide bonds. The molecule has 2 N–H and O–H groups in total. The summed E-state index contributed by atoms with van der Waals surface area (Å²) in [5.41, 5.74) is 4.15. The van der Waals surface area contributed by atoms with Crippen LogP contribution in [0.4, 0.5) is 5.69 Å². The molecular formula is C26H26N4O3. The molecule has 3 aromatic carbocycles. The van der Waals surface area contributed by atoms with E-state index in [1.165, 1.54) is 0 Å². The van der Waals surface area contributed by atoms with Crippen molar-refractivity contribution >= 4 is 28.5 Å². The lowest BCUT2D eigenvalue weighted by Crippen LogP contribution is -2.26. The molecule has 0 atom stereocenters. The first kappa shape index (κ1) is 22.1. The number of nitrogens with zero attached hydrogens (tertiary/aromatic N) is 2. The lowest BCUT2D eigenvalue weighted by atomic mass is 10.2. The summed E-state index contributed by atoms with van der Waals surface area (Å²) in [5.74, 6) is 1.16. The Morgan fingerprint density at radius 1 is 1.00 bits per heavy atom. The number of carbonyl (C=O) groups excluding carboxylic acids is 2. The average Bonchev–Trinajstić information content (AvgIpc) is 3.14. The highest BCUT2D eigenvalue weighted by Gasteiger charge is 2.11. The smallest absolute Gasteiger partial charge is 0.262 e. The molecule has 0 fully saturated rings.